The molecule has 0 spiro atoms. The molecule has 1 aliphatic heterocycles. The molecule has 0 saturated carbocycles. The van der Waals surface area contributed by atoms with Gasteiger partial charge < -0.3 is 15.4 Å². The molecule has 0 aliphatic carbocycles. The summed E-state index contributed by atoms with van der Waals surface area (Å²) in [5.41, 5.74) is 0. The number of nitrogens with zero attached hydrogens (tertiary/aromatic N) is 1. The summed E-state index contributed by atoms with van der Waals surface area (Å²) in [5.74, 6) is 0.718. The lowest BCUT2D eigenvalue weighted by Crippen LogP contribution is -2.33. The molecule has 2 heterocycles. The number of methoxy groups -OCH3 is 1. The van der Waals surface area contributed by atoms with Gasteiger partial charge in [0.25, 0.3) is 0 Å². The number of nitrogens with one attached hydrogen (secondary N) is 2. The van der Waals surface area contributed by atoms with Crippen molar-refractivity contribution in [2.75, 3.05) is 25.5 Å². The van der Waals surface area contributed by atoms with Crippen LogP contribution in [-0.4, -0.2) is 37.3 Å². The number of ether oxygens (including phenoxy) is 1. The van der Waals surface area contributed by atoms with Crippen LogP contribution in [0.4, 0.5) is 5.82 Å². The fourth-order valence-electron chi connectivity index (χ4n) is 1.71. The second-order valence-corrected chi connectivity index (χ2v) is 3.92. The van der Waals surface area contributed by atoms with Crippen LogP contribution in [0.3, 0.4) is 0 Å². The first-order valence-corrected chi connectivity index (χ1v) is 5.29. The Morgan fingerprint density at radius 3 is 3.20 bits per heavy atom. The van der Waals surface area contributed by atoms with Crippen LogP contribution in [0.2, 0.25) is 5.02 Å². The average Bonchev–Trinajstić information content (AvgIpc) is 2.69. The molecule has 15 heavy (non-hydrogen) atoms. The molecule has 4 nitrogen and oxygen atoms in total. The Morgan fingerprint density at radius 1 is 1.60 bits per heavy atom. The fraction of sp³-hybridized carbons (Fsp3) is 0.500. The maximum atomic E-state index is 6.01. The van der Waals surface area contributed by atoms with Gasteiger partial charge in [0, 0.05) is 26.4 Å². The van der Waals surface area contributed by atoms with Crippen molar-refractivity contribution >= 4 is 17.4 Å². The van der Waals surface area contributed by atoms with Gasteiger partial charge in [-0.3, -0.25) is 0 Å². The van der Waals surface area contributed by atoms with E-state index in [4.69, 9.17) is 16.3 Å². The summed E-state index contributed by atoms with van der Waals surface area (Å²) in [6, 6.07) is 3.86. The zero-order valence-corrected chi connectivity index (χ0v) is 9.29. The lowest BCUT2D eigenvalue weighted by Gasteiger charge is -2.19. The molecule has 0 radical (unpaired) electrons. The summed E-state index contributed by atoms with van der Waals surface area (Å²) in [7, 11) is 1.71. The lowest BCUT2D eigenvalue weighted by molar-refractivity contribution is 0.111. The monoisotopic (exact) mass is 227 g/mol. The maximum absolute atomic E-state index is 6.01. The number of anilines is 1. The molecule has 82 valence electrons. The van der Waals surface area contributed by atoms with Crippen molar-refractivity contribution in [3.8, 4) is 0 Å². The largest absolute Gasteiger partial charge is 0.378 e. The number of hydrogen-bond acceptors (Lipinski definition) is 4. The molecule has 1 aliphatic rings. The number of pyridine rings is 1. The van der Waals surface area contributed by atoms with Gasteiger partial charge in [0.05, 0.1) is 17.2 Å². The normalized spacial score (nSPS) is 25.5. The second-order valence-electron chi connectivity index (χ2n) is 3.52. The van der Waals surface area contributed by atoms with Gasteiger partial charge in [0.15, 0.2) is 0 Å². The first-order chi connectivity index (χ1) is 7.31. The molecule has 0 bridgehead atoms. The molecule has 0 aromatic carbocycles. The summed E-state index contributed by atoms with van der Waals surface area (Å²) in [6.07, 6.45) is 1.89. The highest BCUT2D eigenvalue weighted by Crippen LogP contribution is 2.20. The summed E-state index contributed by atoms with van der Waals surface area (Å²) in [4.78, 5) is 4.18. The zero-order valence-electron chi connectivity index (χ0n) is 8.53. The van der Waals surface area contributed by atoms with Crippen molar-refractivity contribution in [1.29, 1.82) is 0 Å². The van der Waals surface area contributed by atoms with Gasteiger partial charge in [-0.1, -0.05) is 11.6 Å². The summed E-state index contributed by atoms with van der Waals surface area (Å²) in [5, 5.41) is 7.17. The highest BCUT2D eigenvalue weighted by Gasteiger charge is 2.27. The Kier molecular flexibility index (Phi) is 3.41. The Balaban J connectivity index is 2.05. The molecule has 0 amide bonds. The van der Waals surface area contributed by atoms with Gasteiger partial charge in [-0.2, -0.15) is 0 Å². The van der Waals surface area contributed by atoms with Crippen molar-refractivity contribution in [2.45, 2.75) is 12.1 Å². The number of aromatic nitrogens is 1. The number of rotatable bonds is 3. The van der Waals surface area contributed by atoms with Crippen LogP contribution in [0.15, 0.2) is 18.3 Å². The van der Waals surface area contributed by atoms with Crippen LogP contribution in [0.1, 0.15) is 0 Å². The van der Waals surface area contributed by atoms with E-state index < -0.39 is 0 Å². The van der Waals surface area contributed by atoms with E-state index in [2.05, 4.69) is 15.6 Å². The third-order valence-corrected chi connectivity index (χ3v) is 2.85. The van der Waals surface area contributed by atoms with E-state index in [1.54, 1.807) is 13.3 Å². The molecular formula is C10H14ClN3O. The number of hydrogen-bond donors (Lipinski definition) is 2. The minimum Gasteiger partial charge on any atom is -0.378 e. The molecule has 1 fully saturated rings. The van der Waals surface area contributed by atoms with E-state index in [-0.39, 0.29) is 12.1 Å². The van der Waals surface area contributed by atoms with E-state index in [9.17, 15) is 0 Å². The Hall–Kier alpha value is -0.840. The standard InChI is InChI=1S/C10H14ClN3O/c1-15-9-6-12-5-8(9)14-10-7(11)3-2-4-13-10/h2-4,8-9,12H,5-6H2,1H3,(H,13,14). The van der Waals surface area contributed by atoms with Crippen molar-refractivity contribution in [3.05, 3.63) is 23.4 Å². The molecule has 1 aromatic rings. The van der Waals surface area contributed by atoms with E-state index in [1.165, 1.54) is 0 Å². The van der Waals surface area contributed by atoms with Crippen LogP contribution in [0.5, 0.6) is 0 Å². The van der Waals surface area contributed by atoms with Gasteiger partial charge in [0.1, 0.15) is 5.82 Å². The minimum atomic E-state index is 0.170. The number of halogens is 1. The van der Waals surface area contributed by atoms with Gasteiger partial charge in [0.2, 0.25) is 0 Å². The molecule has 2 rings (SSSR count). The van der Waals surface area contributed by atoms with Gasteiger partial charge in [-0.25, -0.2) is 4.98 Å². The van der Waals surface area contributed by atoms with Crippen LogP contribution >= 0.6 is 11.6 Å². The predicted octanol–water partition coefficient (Wildman–Crippen LogP) is 1.13. The third kappa shape index (κ3) is 2.40. The van der Waals surface area contributed by atoms with Gasteiger partial charge in [-0.15, -0.1) is 0 Å². The predicted molar refractivity (Wildman–Crippen MR) is 60.3 cm³/mol. The van der Waals surface area contributed by atoms with E-state index in [0.29, 0.717) is 5.02 Å². The van der Waals surface area contributed by atoms with Crippen LogP contribution in [-0.2, 0) is 4.74 Å². The molecule has 1 saturated heterocycles. The van der Waals surface area contributed by atoms with Crippen LogP contribution in [0, 0.1) is 0 Å². The summed E-state index contributed by atoms with van der Waals surface area (Å²) >= 11 is 6.01. The van der Waals surface area contributed by atoms with Gasteiger partial charge >= 0.3 is 0 Å². The average molecular weight is 228 g/mol. The second kappa shape index (κ2) is 4.79. The highest BCUT2D eigenvalue weighted by molar-refractivity contribution is 6.32. The Bertz CT molecular complexity index is 334. The first-order valence-electron chi connectivity index (χ1n) is 4.92. The van der Waals surface area contributed by atoms with Crippen LogP contribution in [0.25, 0.3) is 0 Å². The topological polar surface area (TPSA) is 46.2 Å². The third-order valence-electron chi connectivity index (χ3n) is 2.54. The van der Waals surface area contributed by atoms with Crippen molar-refractivity contribution in [3.63, 3.8) is 0 Å². The maximum Gasteiger partial charge on any atom is 0.145 e. The molecule has 2 N–H and O–H groups in total. The first kappa shape index (κ1) is 10.7. The molecule has 2 atom stereocenters. The van der Waals surface area contributed by atoms with Gasteiger partial charge in [-0.05, 0) is 12.1 Å². The SMILES string of the molecule is COC1CNCC1Nc1ncccc1Cl. The van der Waals surface area contributed by atoms with Crippen molar-refractivity contribution in [2.24, 2.45) is 0 Å². The fourth-order valence-corrected chi connectivity index (χ4v) is 1.89. The molecule has 2 unspecified atom stereocenters. The summed E-state index contributed by atoms with van der Waals surface area (Å²) in [6.45, 7) is 1.73. The Morgan fingerprint density at radius 2 is 2.47 bits per heavy atom. The highest BCUT2D eigenvalue weighted by atomic mass is 35.5. The molecular weight excluding hydrogens is 214 g/mol. The molecule has 5 heteroatoms. The molecule has 1 aromatic heterocycles. The smallest absolute Gasteiger partial charge is 0.145 e. The summed E-state index contributed by atoms with van der Waals surface area (Å²) < 4.78 is 5.34. The zero-order chi connectivity index (χ0) is 10.7. The van der Waals surface area contributed by atoms with Crippen molar-refractivity contribution in [1.82, 2.24) is 10.3 Å². The van der Waals surface area contributed by atoms with Crippen LogP contribution < -0.4 is 10.6 Å². The van der Waals surface area contributed by atoms with E-state index in [0.717, 1.165) is 18.9 Å². The lowest BCUT2D eigenvalue weighted by atomic mass is 10.2. The quantitative estimate of drug-likeness (QED) is 0.813. The van der Waals surface area contributed by atoms with E-state index >= 15 is 0 Å². The minimum absolute atomic E-state index is 0.170. The van der Waals surface area contributed by atoms with E-state index in [1.807, 2.05) is 12.1 Å². The van der Waals surface area contributed by atoms with Crippen molar-refractivity contribution < 1.29 is 4.74 Å². The Labute approximate surface area is 94.0 Å².